The first-order valence-electron chi connectivity index (χ1n) is 2.40. The quantitative estimate of drug-likeness (QED) is 0.567. The van der Waals surface area contributed by atoms with Gasteiger partial charge in [0.05, 0.1) is 0 Å². The maximum Gasteiger partial charge on any atom is 3.00 e. The fourth-order valence-corrected chi connectivity index (χ4v) is 1.09. The Hall–Kier alpha value is -2.01. The Balaban J connectivity index is 0. The minimum absolute atomic E-state index is 0. The summed E-state index contributed by atoms with van der Waals surface area (Å²) >= 11 is 0. The average Bonchev–Trinajstić information content (AvgIpc) is 2.26. The minimum Gasteiger partial charge on any atom is 3.00 e. The van der Waals surface area contributed by atoms with Crippen molar-refractivity contribution >= 4 is 0 Å². The summed E-state index contributed by atoms with van der Waals surface area (Å²) in [4.78, 5) is 6.19. The third-order valence-corrected chi connectivity index (χ3v) is 4.89. The molecule has 8 heteroatoms. The van der Waals surface area contributed by atoms with Gasteiger partial charge in [-0.15, -0.1) is 0 Å². The van der Waals surface area contributed by atoms with E-state index < -0.39 is 10.7 Å². The van der Waals surface area contributed by atoms with Crippen LogP contribution in [0.1, 0.15) is 0 Å². The molecule has 68 valence electrons. The third-order valence-electron chi connectivity index (χ3n) is 1.19. The molecule has 14 heavy (non-hydrogen) atoms. The fraction of sp³-hybridized carbons (Fsp3) is 0. The van der Waals surface area contributed by atoms with Gasteiger partial charge in [0.15, 0.2) is 0 Å². The van der Waals surface area contributed by atoms with Gasteiger partial charge in [-0.3, -0.25) is 0 Å². The van der Waals surface area contributed by atoms with Crippen molar-refractivity contribution in [1.82, 2.24) is 0 Å². The van der Waals surface area contributed by atoms with Crippen molar-refractivity contribution < 1.29 is 28.1 Å². The summed E-state index contributed by atoms with van der Waals surface area (Å²) in [6, 6.07) is 0. The van der Waals surface area contributed by atoms with Crippen LogP contribution in [0.3, 0.4) is 0 Å². The third kappa shape index (κ3) is 1.03. The summed E-state index contributed by atoms with van der Waals surface area (Å²) in [6.45, 7) is 0. The normalized spacial score (nSPS) is 12.4. The summed E-state index contributed by atoms with van der Waals surface area (Å²) in [6.07, 6.45) is 0. The Morgan fingerprint density at radius 3 is 0.643 bits per heavy atom. The SMILES string of the molecule is N#[C][Fe-3]([C]#N)([C]#N)([C]#N)([C]#N)[C]#N.[Cr+3]. The largest absolute Gasteiger partial charge is 3.00 e. The number of hydrogen-bond donors (Lipinski definition) is 0. The molecule has 0 saturated heterocycles. The average molecular weight is 264 g/mol. The molecule has 1 radical (unpaired) electrons. The zero-order chi connectivity index (χ0) is 10.7. The molecule has 0 heterocycles. The summed E-state index contributed by atoms with van der Waals surface area (Å²) in [5, 5.41) is 51.5. The summed E-state index contributed by atoms with van der Waals surface area (Å²) in [5.74, 6) is 0. The number of nitriles is 6. The molecule has 0 amide bonds. The van der Waals surface area contributed by atoms with Gasteiger partial charge in [0.25, 0.3) is 0 Å². The molecule has 0 aromatic heterocycles. The Labute approximate surface area is 89.5 Å². The van der Waals surface area contributed by atoms with Crippen LogP contribution in [0.2, 0.25) is 0 Å². The standard InChI is InChI=1S/6CN.Cr.Fe/c6*1-2;;/q;;;;;;+3;-3. The van der Waals surface area contributed by atoms with Crippen molar-refractivity contribution in [3.05, 3.63) is 0 Å². The maximum absolute atomic E-state index is 8.58. The van der Waals surface area contributed by atoms with Crippen LogP contribution in [0.5, 0.6) is 0 Å². The Morgan fingerprint density at radius 2 is 0.643 bits per heavy atom. The molecule has 0 aliphatic heterocycles. The van der Waals surface area contributed by atoms with E-state index in [-0.39, 0.29) is 17.4 Å². The van der Waals surface area contributed by atoms with Crippen molar-refractivity contribution in [2.45, 2.75) is 0 Å². The number of hydrogen-bond acceptors (Lipinski definition) is 6. The zero-order valence-electron chi connectivity index (χ0n) is 6.45. The van der Waals surface area contributed by atoms with Gasteiger partial charge in [-0.05, 0) is 0 Å². The Bertz CT molecular complexity index is 392. The van der Waals surface area contributed by atoms with Crippen LogP contribution in [0.25, 0.3) is 0 Å². The molecule has 6 nitrogen and oxygen atoms in total. The molecule has 0 saturated carbocycles. The Morgan fingerprint density at radius 1 is 0.500 bits per heavy atom. The molecule has 0 aromatic rings. The van der Waals surface area contributed by atoms with Gasteiger partial charge in [-0.25, -0.2) is 0 Å². The second-order valence-corrected chi connectivity index (χ2v) is 7.42. The van der Waals surface area contributed by atoms with E-state index in [1.54, 1.807) is 0 Å². The van der Waals surface area contributed by atoms with E-state index in [1.165, 1.54) is 0 Å². The molecule has 0 spiro atoms. The van der Waals surface area contributed by atoms with Crippen LogP contribution in [-0.2, 0) is 28.1 Å². The van der Waals surface area contributed by atoms with Crippen LogP contribution in [0, 0.1) is 61.4 Å². The molecule has 0 N–H and O–H groups in total. The first-order valence-corrected chi connectivity index (χ1v) is 5.71. The second kappa shape index (κ2) is 3.04. The molecular formula is C6CrFeN6. The fourth-order valence-electron chi connectivity index (χ4n) is 0.265. The number of rotatable bonds is 0. The van der Waals surface area contributed by atoms with E-state index in [2.05, 4.69) is 0 Å². The van der Waals surface area contributed by atoms with Gasteiger partial charge < -0.3 is 0 Å². The van der Waals surface area contributed by atoms with Crippen LogP contribution in [-0.4, -0.2) is 0 Å². The van der Waals surface area contributed by atoms with Crippen molar-refractivity contribution in [2.24, 2.45) is 0 Å². The van der Waals surface area contributed by atoms with E-state index in [0.29, 0.717) is 0 Å². The van der Waals surface area contributed by atoms with Gasteiger partial charge in [0.2, 0.25) is 0 Å². The monoisotopic (exact) mass is 264 g/mol. The van der Waals surface area contributed by atoms with Gasteiger partial charge >= 0.3 is 89.5 Å². The van der Waals surface area contributed by atoms with Gasteiger partial charge in [-0.2, -0.15) is 0 Å². The van der Waals surface area contributed by atoms with Crippen molar-refractivity contribution in [3.63, 3.8) is 0 Å². The van der Waals surface area contributed by atoms with Gasteiger partial charge in [0, 0.05) is 0 Å². The van der Waals surface area contributed by atoms with E-state index in [9.17, 15) is 0 Å². The van der Waals surface area contributed by atoms with Crippen molar-refractivity contribution in [2.75, 3.05) is 0 Å². The van der Waals surface area contributed by atoms with Crippen LogP contribution in [0.15, 0.2) is 0 Å². The van der Waals surface area contributed by atoms with Crippen LogP contribution < -0.4 is 0 Å². The first-order chi connectivity index (χ1) is 5.97. The smallest absolute Gasteiger partial charge is 3.00 e. The molecule has 0 bridgehead atoms. The molecule has 0 unspecified atom stereocenters. The topological polar surface area (TPSA) is 143 Å². The maximum atomic E-state index is 8.58. The van der Waals surface area contributed by atoms with Crippen LogP contribution >= 0.6 is 0 Å². The van der Waals surface area contributed by atoms with E-state index in [0.717, 1.165) is 29.8 Å². The first kappa shape index (κ1) is 14.5. The van der Waals surface area contributed by atoms with Crippen molar-refractivity contribution in [1.29, 1.82) is 31.6 Å². The summed E-state index contributed by atoms with van der Waals surface area (Å²) < 4.78 is 0. The zero-order valence-corrected chi connectivity index (χ0v) is 8.82. The Kier molecular flexibility index (Phi) is 3.15. The molecule has 0 rings (SSSR count). The predicted octanol–water partition coefficient (Wildman–Crippen LogP) is 0.0957. The molecular weight excluding hydrogens is 264 g/mol. The van der Waals surface area contributed by atoms with E-state index in [4.69, 9.17) is 31.6 Å². The minimum atomic E-state index is -6.17. The number of nitrogens with zero attached hydrogens (tertiary/aromatic N) is 6. The summed E-state index contributed by atoms with van der Waals surface area (Å²) in [7, 11) is -6.17. The van der Waals surface area contributed by atoms with Crippen LogP contribution in [0.4, 0.5) is 0 Å². The molecule has 0 aliphatic rings. The van der Waals surface area contributed by atoms with E-state index in [1.807, 2.05) is 0 Å². The molecule has 0 aliphatic carbocycles. The van der Waals surface area contributed by atoms with Gasteiger partial charge in [0.1, 0.15) is 0 Å². The van der Waals surface area contributed by atoms with Gasteiger partial charge in [-0.1, -0.05) is 0 Å². The predicted molar refractivity (Wildman–Crippen MR) is 33.7 cm³/mol. The van der Waals surface area contributed by atoms with E-state index >= 15 is 0 Å². The molecule has 0 atom stereocenters. The summed E-state index contributed by atoms with van der Waals surface area (Å²) in [5.41, 5.74) is 0. The van der Waals surface area contributed by atoms with Crippen molar-refractivity contribution in [3.8, 4) is 29.8 Å². The second-order valence-electron chi connectivity index (χ2n) is 1.80. The molecule has 0 fully saturated rings. The molecule has 0 aromatic carbocycles.